The highest BCUT2D eigenvalue weighted by Gasteiger charge is 2.29. The Labute approximate surface area is 125 Å². The smallest absolute Gasteiger partial charge is 0.267 e. The highest BCUT2D eigenvalue weighted by Crippen LogP contribution is 2.42. The van der Waals surface area contributed by atoms with Crippen molar-refractivity contribution in [3.63, 3.8) is 0 Å². The minimum absolute atomic E-state index is 0.115. The number of aromatic nitrogens is 1. The highest BCUT2D eigenvalue weighted by atomic mass is 32.1. The second-order valence-corrected chi connectivity index (χ2v) is 6.29. The van der Waals surface area contributed by atoms with E-state index in [0.29, 0.717) is 28.0 Å². The maximum absolute atomic E-state index is 12.4. The molecule has 1 saturated carbocycles. The average Bonchev–Trinajstić information content (AvgIpc) is 3.08. The molecule has 1 amide bonds. The monoisotopic (exact) mass is 302 g/mol. The summed E-state index contributed by atoms with van der Waals surface area (Å²) in [6, 6.07) is 5.38. The molecule has 0 bridgehead atoms. The number of ether oxygens (including phenoxy) is 2. The molecule has 5 nitrogen and oxygen atoms in total. The zero-order chi connectivity index (χ0) is 14.4. The lowest BCUT2D eigenvalue weighted by molar-refractivity contribution is 0.103. The van der Waals surface area contributed by atoms with E-state index in [4.69, 9.17) is 9.47 Å². The van der Waals surface area contributed by atoms with Crippen molar-refractivity contribution in [1.82, 2.24) is 4.98 Å². The molecular weight excluding hydrogens is 288 g/mol. The molecule has 0 radical (unpaired) electrons. The van der Waals surface area contributed by atoms with Gasteiger partial charge in [0, 0.05) is 17.7 Å². The first-order chi connectivity index (χ1) is 10.2. The van der Waals surface area contributed by atoms with Gasteiger partial charge < -0.3 is 14.8 Å². The van der Waals surface area contributed by atoms with Crippen LogP contribution < -0.4 is 14.8 Å². The Morgan fingerprint density at radius 3 is 2.95 bits per heavy atom. The Morgan fingerprint density at radius 1 is 1.33 bits per heavy atom. The van der Waals surface area contributed by atoms with E-state index in [2.05, 4.69) is 10.3 Å². The Balaban J connectivity index is 1.55. The molecule has 0 unspecified atom stereocenters. The van der Waals surface area contributed by atoms with Gasteiger partial charge in [-0.05, 0) is 31.9 Å². The minimum atomic E-state index is -0.115. The summed E-state index contributed by atoms with van der Waals surface area (Å²) in [5, 5.41) is 3.98. The number of benzene rings is 1. The van der Waals surface area contributed by atoms with Gasteiger partial charge in [-0.3, -0.25) is 4.79 Å². The largest absolute Gasteiger partial charge is 0.454 e. The van der Waals surface area contributed by atoms with Crippen LogP contribution in [0.5, 0.6) is 11.5 Å². The van der Waals surface area contributed by atoms with Gasteiger partial charge in [-0.25, -0.2) is 4.98 Å². The van der Waals surface area contributed by atoms with E-state index < -0.39 is 0 Å². The molecule has 2 heterocycles. The van der Waals surface area contributed by atoms with Crippen molar-refractivity contribution >= 4 is 22.9 Å². The zero-order valence-corrected chi connectivity index (χ0v) is 12.3. The summed E-state index contributed by atoms with van der Waals surface area (Å²) in [6.45, 7) is 2.11. The van der Waals surface area contributed by atoms with E-state index in [1.54, 1.807) is 12.1 Å². The van der Waals surface area contributed by atoms with Gasteiger partial charge >= 0.3 is 0 Å². The van der Waals surface area contributed by atoms with Crippen LogP contribution in [0.4, 0.5) is 5.69 Å². The lowest BCUT2D eigenvalue weighted by Crippen LogP contribution is -2.11. The van der Waals surface area contributed by atoms with Crippen molar-refractivity contribution in [2.45, 2.75) is 25.7 Å². The molecule has 4 rings (SSSR count). The van der Waals surface area contributed by atoms with Crippen molar-refractivity contribution in [3.8, 4) is 11.5 Å². The van der Waals surface area contributed by atoms with Crippen LogP contribution in [0.15, 0.2) is 18.2 Å². The number of hydrogen-bond acceptors (Lipinski definition) is 5. The SMILES string of the molecule is Cc1nc(C2CC2)sc1C(=O)Nc1ccc2c(c1)OCO2. The van der Waals surface area contributed by atoms with Crippen LogP contribution in [0.25, 0.3) is 0 Å². The van der Waals surface area contributed by atoms with Gasteiger partial charge in [0.1, 0.15) is 4.88 Å². The first-order valence-electron chi connectivity index (χ1n) is 6.89. The normalized spacial score (nSPS) is 16.0. The average molecular weight is 302 g/mol. The third kappa shape index (κ3) is 2.35. The second kappa shape index (κ2) is 4.73. The van der Waals surface area contributed by atoms with E-state index in [0.717, 1.165) is 10.7 Å². The predicted octanol–water partition coefficient (Wildman–Crippen LogP) is 3.31. The standard InChI is InChI=1S/C15H14N2O3S/c1-8-13(21-15(16-8)9-2-3-9)14(18)17-10-4-5-11-12(6-10)20-7-19-11/h4-6,9H,2-3,7H2,1H3,(H,17,18). The van der Waals surface area contributed by atoms with Crippen LogP contribution in [0.3, 0.4) is 0 Å². The first-order valence-corrected chi connectivity index (χ1v) is 7.70. The molecule has 108 valence electrons. The Morgan fingerprint density at radius 2 is 2.14 bits per heavy atom. The molecule has 0 atom stereocenters. The number of amides is 1. The molecule has 6 heteroatoms. The summed E-state index contributed by atoms with van der Waals surface area (Å²) in [7, 11) is 0. The molecule has 1 aromatic carbocycles. The molecular formula is C15H14N2O3S. The lowest BCUT2D eigenvalue weighted by atomic mass is 10.2. The number of hydrogen-bond donors (Lipinski definition) is 1. The molecule has 1 aromatic heterocycles. The third-order valence-electron chi connectivity index (χ3n) is 3.58. The number of nitrogens with zero attached hydrogens (tertiary/aromatic N) is 1. The Hall–Kier alpha value is -2.08. The van der Waals surface area contributed by atoms with Crippen LogP contribution in [0.2, 0.25) is 0 Å². The number of rotatable bonds is 3. The lowest BCUT2D eigenvalue weighted by Gasteiger charge is -2.05. The summed E-state index contributed by atoms with van der Waals surface area (Å²) in [4.78, 5) is 17.6. The number of anilines is 1. The van der Waals surface area contributed by atoms with Crippen LogP contribution in [-0.2, 0) is 0 Å². The molecule has 1 aliphatic heterocycles. The molecule has 1 N–H and O–H groups in total. The topological polar surface area (TPSA) is 60.5 Å². The van der Waals surface area contributed by atoms with E-state index in [9.17, 15) is 4.79 Å². The van der Waals surface area contributed by atoms with Crippen LogP contribution in [-0.4, -0.2) is 17.7 Å². The van der Waals surface area contributed by atoms with Gasteiger partial charge in [0.2, 0.25) is 6.79 Å². The second-order valence-electron chi connectivity index (χ2n) is 5.26. The molecule has 0 saturated heterocycles. The first kappa shape index (κ1) is 12.6. The number of fused-ring (bicyclic) bond motifs is 1. The van der Waals surface area contributed by atoms with Crippen molar-refractivity contribution in [2.24, 2.45) is 0 Å². The highest BCUT2D eigenvalue weighted by molar-refractivity contribution is 7.14. The van der Waals surface area contributed by atoms with Gasteiger partial charge in [0.05, 0.1) is 10.7 Å². The van der Waals surface area contributed by atoms with Gasteiger partial charge in [-0.1, -0.05) is 0 Å². The molecule has 2 aromatic rings. The van der Waals surface area contributed by atoms with Crippen molar-refractivity contribution in [3.05, 3.63) is 33.8 Å². The molecule has 2 aliphatic rings. The van der Waals surface area contributed by atoms with Crippen LogP contribution >= 0.6 is 11.3 Å². The van der Waals surface area contributed by atoms with Gasteiger partial charge in [0.15, 0.2) is 11.5 Å². The molecule has 0 spiro atoms. The maximum atomic E-state index is 12.4. The van der Waals surface area contributed by atoms with Gasteiger partial charge in [0.25, 0.3) is 5.91 Å². The number of carbonyl (C=O) groups is 1. The minimum Gasteiger partial charge on any atom is -0.454 e. The number of nitrogens with one attached hydrogen (secondary N) is 1. The van der Waals surface area contributed by atoms with E-state index in [1.165, 1.54) is 24.2 Å². The Kier molecular flexibility index (Phi) is 2.85. The fourth-order valence-corrected chi connectivity index (χ4v) is 3.43. The summed E-state index contributed by atoms with van der Waals surface area (Å²) in [6.07, 6.45) is 2.38. The fourth-order valence-electron chi connectivity index (χ4n) is 2.30. The molecule has 1 fully saturated rings. The third-order valence-corrected chi connectivity index (χ3v) is 4.90. The quantitative estimate of drug-likeness (QED) is 0.945. The summed E-state index contributed by atoms with van der Waals surface area (Å²) in [5.41, 5.74) is 1.50. The Bertz CT molecular complexity index is 722. The van der Waals surface area contributed by atoms with Gasteiger partial charge in [-0.2, -0.15) is 0 Å². The fraction of sp³-hybridized carbons (Fsp3) is 0.333. The van der Waals surface area contributed by atoms with Crippen molar-refractivity contribution in [2.75, 3.05) is 12.1 Å². The predicted molar refractivity (Wildman–Crippen MR) is 79.3 cm³/mol. The number of thiazole rings is 1. The molecule has 21 heavy (non-hydrogen) atoms. The van der Waals surface area contributed by atoms with E-state index >= 15 is 0 Å². The van der Waals surface area contributed by atoms with E-state index in [-0.39, 0.29) is 12.7 Å². The summed E-state index contributed by atoms with van der Waals surface area (Å²) < 4.78 is 10.6. The number of aryl methyl sites for hydroxylation is 1. The van der Waals surface area contributed by atoms with Crippen molar-refractivity contribution in [1.29, 1.82) is 0 Å². The van der Waals surface area contributed by atoms with Crippen LogP contribution in [0.1, 0.15) is 39.1 Å². The van der Waals surface area contributed by atoms with Crippen LogP contribution in [0, 0.1) is 6.92 Å². The van der Waals surface area contributed by atoms with E-state index in [1.807, 2.05) is 13.0 Å². The zero-order valence-electron chi connectivity index (χ0n) is 11.5. The number of carbonyl (C=O) groups excluding carboxylic acids is 1. The van der Waals surface area contributed by atoms with Gasteiger partial charge in [-0.15, -0.1) is 11.3 Å². The van der Waals surface area contributed by atoms with Crippen molar-refractivity contribution < 1.29 is 14.3 Å². The summed E-state index contributed by atoms with van der Waals surface area (Å²) in [5.74, 6) is 1.82. The molecule has 1 aliphatic carbocycles. The summed E-state index contributed by atoms with van der Waals surface area (Å²) >= 11 is 1.50. The maximum Gasteiger partial charge on any atom is 0.267 e.